The monoisotopic (exact) mass is 476 g/mol. The number of ether oxygens (including phenoxy) is 1. The summed E-state index contributed by atoms with van der Waals surface area (Å²) in [6, 6.07) is 16.8. The molecule has 0 saturated heterocycles. The van der Waals surface area contributed by atoms with E-state index in [9.17, 15) is 15.0 Å². The van der Waals surface area contributed by atoms with E-state index in [1.54, 1.807) is 12.1 Å². The molecule has 2 heterocycles. The molecule has 0 saturated carbocycles. The van der Waals surface area contributed by atoms with Crippen LogP contribution in [0.3, 0.4) is 0 Å². The summed E-state index contributed by atoms with van der Waals surface area (Å²) in [6.45, 7) is 6.45. The van der Waals surface area contributed by atoms with E-state index in [2.05, 4.69) is 38.4 Å². The maximum atomic E-state index is 13.1. The van der Waals surface area contributed by atoms with E-state index in [0.717, 1.165) is 31.0 Å². The van der Waals surface area contributed by atoms with Crippen molar-refractivity contribution in [1.82, 2.24) is 0 Å². The second-order valence-corrected chi connectivity index (χ2v) is 19.2. The summed E-state index contributed by atoms with van der Waals surface area (Å²) in [7, 11) is 0. The van der Waals surface area contributed by atoms with Gasteiger partial charge in [0, 0.05) is 0 Å². The van der Waals surface area contributed by atoms with Crippen molar-refractivity contribution >= 4 is 28.0 Å². The van der Waals surface area contributed by atoms with Gasteiger partial charge >= 0.3 is 185 Å². The molecular weight excluding hydrogens is 449 g/mol. The van der Waals surface area contributed by atoms with Crippen LogP contribution in [0.15, 0.2) is 54.6 Å². The van der Waals surface area contributed by atoms with Crippen molar-refractivity contribution in [1.29, 1.82) is 0 Å². The molecule has 4 nitrogen and oxygen atoms in total. The van der Waals surface area contributed by atoms with Crippen LogP contribution in [0.2, 0.25) is 11.5 Å². The van der Waals surface area contributed by atoms with Crippen LogP contribution >= 0.6 is 0 Å². The first-order chi connectivity index (χ1) is 14.5. The zero-order valence-corrected chi connectivity index (χ0v) is 20.5. The van der Waals surface area contributed by atoms with E-state index in [4.69, 9.17) is 4.74 Å². The van der Waals surface area contributed by atoms with E-state index < -0.39 is 18.9 Å². The molecule has 2 aliphatic rings. The quantitative estimate of drug-likeness (QED) is 0.382. The fourth-order valence-electron chi connectivity index (χ4n) is 5.13. The predicted molar refractivity (Wildman–Crippen MR) is 123 cm³/mol. The van der Waals surface area contributed by atoms with Crippen molar-refractivity contribution in [2.24, 2.45) is 0 Å². The van der Waals surface area contributed by atoms with Crippen LogP contribution in [0.25, 0.3) is 0 Å². The molecule has 0 aromatic heterocycles. The Kier molecular flexibility index (Phi) is 4.01. The Morgan fingerprint density at radius 3 is 1.87 bits per heavy atom. The molecule has 0 aliphatic carbocycles. The average Bonchev–Trinajstić information content (AvgIpc) is 2.99. The Morgan fingerprint density at radius 1 is 0.806 bits per heavy atom. The third-order valence-electron chi connectivity index (χ3n) is 6.84. The van der Waals surface area contributed by atoms with Crippen molar-refractivity contribution in [3.05, 3.63) is 82.4 Å². The Balaban J connectivity index is 1.94. The van der Waals surface area contributed by atoms with E-state index in [1.165, 1.54) is 0 Å². The van der Waals surface area contributed by atoms with Crippen molar-refractivity contribution in [3.8, 4) is 11.5 Å². The molecule has 3 aromatic rings. The number of fused-ring (bicyclic) bond motifs is 6. The van der Waals surface area contributed by atoms with Crippen molar-refractivity contribution in [3.63, 3.8) is 0 Å². The summed E-state index contributed by atoms with van der Waals surface area (Å²) < 4.78 is 8.39. The number of phenols is 2. The van der Waals surface area contributed by atoms with Crippen molar-refractivity contribution < 1.29 is 19.7 Å². The molecule has 0 amide bonds. The van der Waals surface area contributed by atoms with Crippen LogP contribution in [0.4, 0.5) is 0 Å². The number of carbonyl (C=O) groups is 1. The van der Waals surface area contributed by atoms with Gasteiger partial charge in [-0.15, -0.1) is 0 Å². The molecule has 0 radical (unpaired) electrons. The number of hydrogen-bond acceptors (Lipinski definition) is 4. The molecule has 158 valence electrons. The van der Waals surface area contributed by atoms with Crippen LogP contribution < -0.4 is 8.79 Å². The Bertz CT molecular complexity index is 1210. The summed E-state index contributed by atoms with van der Waals surface area (Å²) in [5, 5.41) is 20.7. The molecule has 3 aromatic carbocycles. The first-order valence-corrected chi connectivity index (χ1v) is 16.8. The Morgan fingerprint density at radius 2 is 1.35 bits per heavy atom. The zero-order valence-electron chi connectivity index (χ0n) is 18.4. The molecule has 0 fully saturated rings. The minimum absolute atomic E-state index is 0.0941. The molecule has 0 unspecified atom stereocenters. The molecule has 5 rings (SSSR count). The summed E-state index contributed by atoms with van der Waals surface area (Å²) in [5.74, 6) is 4.54. The summed E-state index contributed by atoms with van der Waals surface area (Å²) >= 11 is -2.92. The van der Waals surface area contributed by atoms with Crippen molar-refractivity contribution in [2.45, 2.75) is 43.3 Å². The third-order valence-corrected chi connectivity index (χ3v) is 14.2. The average molecular weight is 475 g/mol. The first kappa shape index (κ1) is 20.2. The summed E-state index contributed by atoms with van der Waals surface area (Å²) in [4.78, 5) is 13.1. The van der Waals surface area contributed by atoms with Gasteiger partial charge in [0.25, 0.3) is 0 Å². The number of phenolic OH excluding ortho intramolecular Hbond substituents is 2. The third kappa shape index (κ3) is 2.64. The summed E-state index contributed by atoms with van der Waals surface area (Å²) in [5.41, 5.74) is 3.19. The topological polar surface area (TPSA) is 66.8 Å². The van der Waals surface area contributed by atoms with Gasteiger partial charge in [-0.1, -0.05) is 0 Å². The van der Waals surface area contributed by atoms with Gasteiger partial charge in [-0.2, -0.15) is 0 Å². The van der Waals surface area contributed by atoms with Crippen LogP contribution in [0.1, 0.15) is 53.4 Å². The normalized spacial score (nSPS) is 17.6. The standard InChI is InChI=1S/C26H26GeO4/c1-25(2,3)15-6-9-18-21(12-15)26(31-24(18)30)19-10-7-16(28)13-22(19)27(4,5)23-14-17(29)8-11-20(23)26/h6-14,28-29H,1-5H3. The number of benzene rings is 3. The van der Waals surface area contributed by atoms with Gasteiger partial charge in [-0.25, -0.2) is 0 Å². The fourth-order valence-corrected chi connectivity index (χ4v) is 11.8. The van der Waals surface area contributed by atoms with Gasteiger partial charge in [0.1, 0.15) is 0 Å². The number of esters is 1. The molecular formula is C26H26GeO4. The number of carbonyl (C=O) groups excluding carboxylic acids is 1. The van der Waals surface area contributed by atoms with Crippen LogP contribution in [-0.4, -0.2) is 29.4 Å². The van der Waals surface area contributed by atoms with E-state index >= 15 is 0 Å². The zero-order chi connectivity index (χ0) is 22.3. The number of hydrogen-bond donors (Lipinski definition) is 2. The molecule has 0 atom stereocenters. The molecule has 5 heteroatoms. The van der Waals surface area contributed by atoms with E-state index in [0.29, 0.717) is 5.56 Å². The summed E-state index contributed by atoms with van der Waals surface area (Å²) in [6.07, 6.45) is 0. The van der Waals surface area contributed by atoms with Gasteiger partial charge in [0.2, 0.25) is 0 Å². The molecule has 31 heavy (non-hydrogen) atoms. The Hall–Kier alpha value is -2.73. The van der Waals surface area contributed by atoms with Gasteiger partial charge < -0.3 is 0 Å². The fraction of sp³-hybridized carbons (Fsp3) is 0.269. The maximum absolute atomic E-state index is 13.1. The second kappa shape index (κ2) is 6.16. The van der Waals surface area contributed by atoms with Crippen LogP contribution in [-0.2, 0) is 15.8 Å². The Labute approximate surface area is 184 Å². The molecule has 2 N–H and O–H groups in total. The molecule has 2 aliphatic heterocycles. The number of aromatic hydroxyl groups is 2. The predicted octanol–water partition coefficient (Wildman–Crippen LogP) is 3.99. The van der Waals surface area contributed by atoms with Gasteiger partial charge in [-0.05, 0) is 0 Å². The van der Waals surface area contributed by atoms with Crippen LogP contribution in [0, 0.1) is 0 Å². The second-order valence-electron chi connectivity index (χ2n) is 10.2. The van der Waals surface area contributed by atoms with E-state index in [1.807, 2.05) is 36.4 Å². The van der Waals surface area contributed by atoms with Gasteiger partial charge in [0.15, 0.2) is 0 Å². The molecule has 1 spiro atoms. The number of rotatable bonds is 0. The SMILES string of the molecule is CC(C)(C)c1ccc2c(c1)C1(OC2=O)c2ccc(O)c[c]2[Ge]([CH3])([CH3])[c]2cc(O)ccc21. The molecule has 0 bridgehead atoms. The van der Waals surface area contributed by atoms with Crippen molar-refractivity contribution in [2.75, 3.05) is 0 Å². The van der Waals surface area contributed by atoms with Gasteiger partial charge in [0.05, 0.1) is 0 Å². The minimum atomic E-state index is -2.92. The van der Waals surface area contributed by atoms with E-state index in [-0.39, 0.29) is 22.9 Å². The van der Waals surface area contributed by atoms with Crippen LogP contribution in [0.5, 0.6) is 11.5 Å². The van der Waals surface area contributed by atoms with Gasteiger partial charge in [-0.3, -0.25) is 0 Å². The first-order valence-electron chi connectivity index (χ1n) is 10.5.